The Morgan fingerprint density at radius 2 is 2.31 bits per heavy atom. The summed E-state index contributed by atoms with van der Waals surface area (Å²) in [5.74, 6) is 0.338. The summed E-state index contributed by atoms with van der Waals surface area (Å²) in [6.07, 6.45) is 8.18. The van der Waals surface area contributed by atoms with Crippen LogP contribution in [0.15, 0.2) is 36.4 Å². The van der Waals surface area contributed by atoms with E-state index in [1.165, 1.54) is 19.3 Å². The van der Waals surface area contributed by atoms with Gasteiger partial charge in [-0.3, -0.25) is 0 Å². The lowest BCUT2D eigenvalue weighted by Crippen LogP contribution is -2.30. The topological polar surface area (TPSA) is 32.3 Å². The number of phenols is 1. The number of phenolic OH excluding ortho intramolecular Hbond substituents is 1. The second-order valence-corrected chi connectivity index (χ2v) is 4.45. The van der Waals surface area contributed by atoms with E-state index in [-0.39, 0.29) is 6.04 Å². The Hall–Kier alpha value is -1.28. The van der Waals surface area contributed by atoms with E-state index < -0.39 is 0 Å². The molecule has 0 heterocycles. The van der Waals surface area contributed by atoms with Crippen LogP contribution in [0.25, 0.3) is 0 Å². The first-order chi connectivity index (χ1) is 7.75. The van der Waals surface area contributed by atoms with E-state index in [4.69, 9.17) is 0 Å². The molecule has 16 heavy (non-hydrogen) atoms. The molecule has 0 saturated carbocycles. The first kappa shape index (κ1) is 11.2. The summed E-state index contributed by atoms with van der Waals surface area (Å²) < 4.78 is 0. The van der Waals surface area contributed by atoms with E-state index >= 15 is 0 Å². The molecule has 1 aliphatic carbocycles. The van der Waals surface area contributed by atoms with Gasteiger partial charge in [-0.1, -0.05) is 24.3 Å². The molecule has 0 fully saturated rings. The number of allylic oxidation sites excluding steroid dienone is 1. The highest BCUT2D eigenvalue weighted by molar-refractivity contribution is 5.29. The molecule has 1 aromatic carbocycles. The molecule has 1 aliphatic rings. The zero-order chi connectivity index (χ0) is 11.4. The van der Waals surface area contributed by atoms with Crippen molar-refractivity contribution >= 4 is 0 Å². The lowest BCUT2D eigenvalue weighted by atomic mass is 10.0. The van der Waals surface area contributed by atoms with Crippen molar-refractivity contribution in [1.29, 1.82) is 0 Å². The summed E-state index contributed by atoms with van der Waals surface area (Å²) in [7, 11) is 0. The molecule has 0 radical (unpaired) electrons. The summed E-state index contributed by atoms with van der Waals surface area (Å²) in [6.45, 7) is 2.14. The number of rotatable bonds is 3. The number of benzene rings is 1. The maximum absolute atomic E-state index is 9.43. The van der Waals surface area contributed by atoms with Gasteiger partial charge in [0.1, 0.15) is 5.75 Å². The maximum atomic E-state index is 9.43. The molecular formula is C14H19NO. The summed E-state index contributed by atoms with van der Waals surface area (Å²) in [6, 6.07) is 8.22. The Labute approximate surface area is 97.0 Å². The molecule has 0 spiro atoms. The minimum absolute atomic E-state index is 0.278. The molecule has 2 rings (SSSR count). The fourth-order valence-electron chi connectivity index (χ4n) is 2.16. The van der Waals surface area contributed by atoms with E-state index in [9.17, 15) is 5.11 Å². The first-order valence-corrected chi connectivity index (χ1v) is 5.97. The van der Waals surface area contributed by atoms with Crippen LogP contribution >= 0.6 is 0 Å². The van der Waals surface area contributed by atoms with Crippen molar-refractivity contribution in [3.8, 4) is 5.75 Å². The first-order valence-electron chi connectivity index (χ1n) is 5.97. The Balaban J connectivity index is 1.99. The number of nitrogens with one attached hydrogen (secondary N) is 1. The van der Waals surface area contributed by atoms with Gasteiger partial charge in [0, 0.05) is 12.1 Å². The Bertz CT molecular complexity index is 373. The third kappa shape index (κ3) is 2.86. The van der Waals surface area contributed by atoms with Crippen LogP contribution in [0.1, 0.15) is 37.8 Å². The normalized spacial score (nSPS) is 21.9. The molecule has 0 aliphatic heterocycles. The standard InChI is InChI=1S/C14H19NO/c1-11(12-6-5-9-14(16)10-12)15-13-7-3-2-4-8-13/h3,5-7,9-11,13,15-16H,2,4,8H2,1H3. The molecule has 1 aromatic rings. The van der Waals surface area contributed by atoms with Crippen LogP contribution in [-0.2, 0) is 0 Å². The molecular weight excluding hydrogens is 198 g/mol. The fourth-order valence-corrected chi connectivity index (χ4v) is 2.16. The molecule has 86 valence electrons. The van der Waals surface area contributed by atoms with Crippen molar-refractivity contribution < 1.29 is 5.11 Å². The lowest BCUT2D eigenvalue weighted by molar-refractivity contribution is 0.457. The summed E-state index contributed by atoms with van der Waals surface area (Å²) in [5.41, 5.74) is 1.14. The average molecular weight is 217 g/mol. The van der Waals surface area contributed by atoms with Gasteiger partial charge in [0.2, 0.25) is 0 Å². The Morgan fingerprint density at radius 3 is 3.00 bits per heavy atom. The largest absolute Gasteiger partial charge is 0.508 e. The Kier molecular flexibility index (Phi) is 3.62. The van der Waals surface area contributed by atoms with Gasteiger partial charge < -0.3 is 10.4 Å². The van der Waals surface area contributed by atoms with Gasteiger partial charge in [-0.15, -0.1) is 0 Å². The van der Waals surface area contributed by atoms with Crippen molar-refractivity contribution in [1.82, 2.24) is 5.32 Å². The summed E-state index contributed by atoms with van der Waals surface area (Å²) in [4.78, 5) is 0. The lowest BCUT2D eigenvalue weighted by Gasteiger charge is -2.23. The number of hydrogen-bond acceptors (Lipinski definition) is 2. The molecule has 2 atom stereocenters. The molecule has 0 bridgehead atoms. The second kappa shape index (κ2) is 5.17. The van der Waals surface area contributed by atoms with Gasteiger partial charge >= 0.3 is 0 Å². The third-order valence-electron chi connectivity index (χ3n) is 3.09. The van der Waals surface area contributed by atoms with Gasteiger partial charge in [-0.2, -0.15) is 0 Å². The highest BCUT2D eigenvalue weighted by Crippen LogP contribution is 2.20. The highest BCUT2D eigenvalue weighted by Gasteiger charge is 2.12. The van der Waals surface area contributed by atoms with Crippen LogP contribution in [-0.4, -0.2) is 11.1 Å². The van der Waals surface area contributed by atoms with Gasteiger partial charge in [0.05, 0.1) is 0 Å². The van der Waals surface area contributed by atoms with E-state index in [0.29, 0.717) is 11.8 Å². The van der Waals surface area contributed by atoms with E-state index in [1.807, 2.05) is 18.2 Å². The van der Waals surface area contributed by atoms with E-state index in [1.54, 1.807) is 6.07 Å². The molecule has 2 N–H and O–H groups in total. The zero-order valence-corrected chi connectivity index (χ0v) is 9.69. The van der Waals surface area contributed by atoms with Crippen LogP contribution in [0, 0.1) is 0 Å². The molecule has 0 aromatic heterocycles. The smallest absolute Gasteiger partial charge is 0.115 e. The van der Waals surface area contributed by atoms with Crippen LogP contribution in [0.5, 0.6) is 5.75 Å². The van der Waals surface area contributed by atoms with Crippen LogP contribution in [0.3, 0.4) is 0 Å². The third-order valence-corrected chi connectivity index (χ3v) is 3.09. The number of hydrogen-bond donors (Lipinski definition) is 2. The maximum Gasteiger partial charge on any atom is 0.115 e. The highest BCUT2D eigenvalue weighted by atomic mass is 16.3. The summed E-state index contributed by atoms with van der Waals surface area (Å²) in [5, 5.41) is 13.0. The SMILES string of the molecule is CC(NC1C=CCCC1)c1cccc(O)c1. The molecule has 0 amide bonds. The minimum Gasteiger partial charge on any atom is -0.508 e. The summed E-state index contributed by atoms with van der Waals surface area (Å²) >= 11 is 0. The van der Waals surface area contributed by atoms with Gasteiger partial charge in [-0.25, -0.2) is 0 Å². The van der Waals surface area contributed by atoms with Crippen molar-refractivity contribution in [2.75, 3.05) is 0 Å². The quantitative estimate of drug-likeness (QED) is 0.762. The van der Waals surface area contributed by atoms with Crippen molar-refractivity contribution in [2.24, 2.45) is 0 Å². The fraction of sp³-hybridized carbons (Fsp3) is 0.429. The zero-order valence-electron chi connectivity index (χ0n) is 9.69. The van der Waals surface area contributed by atoms with Crippen molar-refractivity contribution in [3.05, 3.63) is 42.0 Å². The monoisotopic (exact) mass is 217 g/mol. The van der Waals surface area contributed by atoms with Crippen LogP contribution in [0.2, 0.25) is 0 Å². The van der Waals surface area contributed by atoms with Crippen LogP contribution < -0.4 is 5.32 Å². The van der Waals surface area contributed by atoms with Crippen molar-refractivity contribution in [2.45, 2.75) is 38.3 Å². The molecule has 2 nitrogen and oxygen atoms in total. The van der Waals surface area contributed by atoms with Gasteiger partial charge in [0.25, 0.3) is 0 Å². The second-order valence-electron chi connectivity index (χ2n) is 4.45. The van der Waals surface area contributed by atoms with Gasteiger partial charge in [0.15, 0.2) is 0 Å². The van der Waals surface area contributed by atoms with E-state index in [2.05, 4.69) is 24.4 Å². The molecule has 0 saturated heterocycles. The molecule has 2 heteroatoms. The molecule has 2 unspecified atom stereocenters. The number of aromatic hydroxyl groups is 1. The predicted octanol–water partition coefficient (Wildman–Crippen LogP) is 3.15. The van der Waals surface area contributed by atoms with E-state index in [0.717, 1.165) is 5.56 Å². The van der Waals surface area contributed by atoms with Gasteiger partial charge in [-0.05, 0) is 43.9 Å². The minimum atomic E-state index is 0.278. The average Bonchev–Trinajstić information content (AvgIpc) is 2.30. The Morgan fingerprint density at radius 1 is 1.44 bits per heavy atom. The van der Waals surface area contributed by atoms with Crippen LogP contribution in [0.4, 0.5) is 0 Å². The van der Waals surface area contributed by atoms with Crippen molar-refractivity contribution in [3.63, 3.8) is 0 Å². The predicted molar refractivity (Wildman–Crippen MR) is 66.4 cm³/mol.